The number of piperazine rings is 1. The first-order valence-corrected chi connectivity index (χ1v) is 13.3. The molecule has 2 amide bonds. The summed E-state index contributed by atoms with van der Waals surface area (Å²) >= 11 is 0. The fraction of sp³-hybridized carbons (Fsp3) is 0.517. The smallest absolute Gasteiger partial charge is 0.312 e. The highest BCUT2D eigenvalue weighted by Gasteiger charge is 2.41. The van der Waals surface area contributed by atoms with E-state index in [9.17, 15) is 14.0 Å². The van der Waals surface area contributed by atoms with E-state index in [-0.39, 0.29) is 11.9 Å². The van der Waals surface area contributed by atoms with Gasteiger partial charge in [0.15, 0.2) is 0 Å². The topological polar surface area (TPSA) is 50.3 Å². The van der Waals surface area contributed by atoms with Crippen molar-refractivity contribution in [2.24, 2.45) is 0 Å². The highest BCUT2D eigenvalue weighted by atomic mass is 19.1. The quantitative estimate of drug-likeness (QED) is 0.596. The number of fused-ring (bicyclic) bond motifs is 1. The number of carbonyl (C=O) groups is 2. The lowest BCUT2D eigenvalue weighted by Crippen LogP contribution is -2.52. The number of aryl methyl sites for hydroxylation is 1. The van der Waals surface area contributed by atoms with Crippen LogP contribution in [0.5, 0.6) is 0 Å². The van der Waals surface area contributed by atoms with E-state index in [0.717, 1.165) is 42.7 Å². The van der Waals surface area contributed by atoms with Gasteiger partial charge >= 0.3 is 11.8 Å². The molecule has 2 aliphatic heterocycles. The molecule has 2 heterocycles. The average molecular weight is 508 g/mol. The Balaban J connectivity index is 1.26. The Hall–Kier alpha value is -2.97. The Bertz CT molecular complexity index is 1140. The first-order valence-electron chi connectivity index (χ1n) is 13.3. The summed E-state index contributed by atoms with van der Waals surface area (Å²) in [4.78, 5) is 34.4. The van der Waals surface area contributed by atoms with Crippen molar-refractivity contribution in [1.29, 1.82) is 0 Å². The SMILES string of the molecule is CN(C)C(=O)C(=O)N1CCN(c2ccc([C@@H]3CN(C4CCc5cccc(F)c54)C[C@H]3N(C)C)cc2)CC1. The van der Waals surface area contributed by atoms with Gasteiger partial charge in [-0.05, 0) is 56.3 Å². The maximum atomic E-state index is 14.8. The monoisotopic (exact) mass is 507 g/mol. The van der Waals surface area contributed by atoms with Crippen LogP contribution in [0.4, 0.5) is 10.1 Å². The number of anilines is 1. The summed E-state index contributed by atoms with van der Waals surface area (Å²) in [6.45, 7) is 4.34. The molecule has 198 valence electrons. The van der Waals surface area contributed by atoms with Gasteiger partial charge in [0, 0.05) is 82.6 Å². The van der Waals surface area contributed by atoms with Crippen molar-refractivity contribution in [2.75, 3.05) is 72.4 Å². The van der Waals surface area contributed by atoms with Crippen LogP contribution in [0.3, 0.4) is 0 Å². The Morgan fingerprint density at radius 1 is 0.919 bits per heavy atom. The van der Waals surface area contributed by atoms with E-state index in [1.54, 1.807) is 25.1 Å². The van der Waals surface area contributed by atoms with Crippen LogP contribution >= 0.6 is 0 Å². The molecule has 0 aromatic heterocycles. The predicted octanol–water partition coefficient (Wildman–Crippen LogP) is 2.58. The van der Waals surface area contributed by atoms with Crippen LogP contribution < -0.4 is 4.90 Å². The third kappa shape index (κ3) is 4.97. The summed E-state index contributed by atoms with van der Waals surface area (Å²) in [6.07, 6.45) is 1.93. The zero-order chi connectivity index (χ0) is 26.3. The van der Waals surface area contributed by atoms with Gasteiger partial charge in [0.1, 0.15) is 5.82 Å². The van der Waals surface area contributed by atoms with Gasteiger partial charge in [-0.1, -0.05) is 24.3 Å². The number of halogens is 1. The molecular weight excluding hydrogens is 469 g/mol. The molecule has 5 rings (SSSR count). The van der Waals surface area contributed by atoms with E-state index < -0.39 is 11.8 Å². The number of likely N-dealkylation sites (tertiary alicyclic amines) is 1. The van der Waals surface area contributed by atoms with Crippen molar-refractivity contribution in [2.45, 2.75) is 30.8 Å². The molecule has 1 unspecified atom stereocenters. The molecule has 0 N–H and O–H groups in total. The zero-order valence-electron chi connectivity index (χ0n) is 22.4. The van der Waals surface area contributed by atoms with Gasteiger partial charge in [0.25, 0.3) is 0 Å². The summed E-state index contributed by atoms with van der Waals surface area (Å²) in [5.74, 6) is -0.610. The first-order chi connectivity index (χ1) is 17.7. The summed E-state index contributed by atoms with van der Waals surface area (Å²) < 4.78 is 14.8. The fourth-order valence-electron chi connectivity index (χ4n) is 6.32. The van der Waals surface area contributed by atoms with Crippen molar-refractivity contribution in [1.82, 2.24) is 19.6 Å². The third-order valence-corrected chi connectivity index (χ3v) is 8.43. The number of rotatable bonds is 4. The Labute approximate surface area is 219 Å². The van der Waals surface area contributed by atoms with Gasteiger partial charge in [0.2, 0.25) is 0 Å². The van der Waals surface area contributed by atoms with E-state index in [1.165, 1.54) is 10.5 Å². The summed E-state index contributed by atoms with van der Waals surface area (Å²) in [5.41, 5.74) is 4.51. The molecule has 0 spiro atoms. The molecular formula is C29H38FN5O2. The van der Waals surface area contributed by atoms with Gasteiger partial charge < -0.3 is 19.6 Å². The molecule has 7 nitrogen and oxygen atoms in total. The molecule has 3 atom stereocenters. The Kier molecular flexibility index (Phi) is 7.23. The van der Waals surface area contributed by atoms with Crippen LogP contribution in [-0.2, 0) is 16.0 Å². The van der Waals surface area contributed by atoms with Gasteiger partial charge in [-0.15, -0.1) is 0 Å². The second kappa shape index (κ2) is 10.4. The van der Waals surface area contributed by atoms with Crippen LogP contribution in [-0.4, -0.2) is 105 Å². The predicted molar refractivity (Wildman–Crippen MR) is 143 cm³/mol. The highest BCUT2D eigenvalue weighted by molar-refractivity contribution is 6.34. The van der Waals surface area contributed by atoms with Crippen molar-refractivity contribution in [3.05, 3.63) is 65.0 Å². The van der Waals surface area contributed by atoms with Gasteiger partial charge in [-0.2, -0.15) is 0 Å². The molecule has 2 fully saturated rings. The Morgan fingerprint density at radius 2 is 1.62 bits per heavy atom. The molecule has 0 radical (unpaired) electrons. The Morgan fingerprint density at radius 3 is 2.27 bits per heavy atom. The highest BCUT2D eigenvalue weighted by Crippen LogP contribution is 2.42. The van der Waals surface area contributed by atoms with E-state index >= 15 is 0 Å². The lowest BCUT2D eigenvalue weighted by molar-refractivity contribution is -0.150. The molecule has 3 aliphatic rings. The lowest BCUT2D eigenvalue weighted by Gasteiger charge is -2.36. The van der Waals surface area contributed by atoms with Crippen LogP contribution in [0.2, 0.25) is 0 Å². The van der Waals surface area contributed by atoms with Crippen LogP contribution in [0.1, 0.15) is 35.1 Å². The van der Waals surface area contributed by atoms with Crippen molar-refractivity contribution >= 4 is 17.5 Å². The first kappa shape index (κ1) is 25.7. The van der Waals surface area contributed by atoms with E-state index in [2.05, 4.69) is 59.1 Å². The van der Waals surface area contributed by atoms with E-state index in [4.69, 9.17) is 0 Å². The summed E-state index contributed by atoms with van der Waals surface area (Å²) in [7, 11) is 7.49. The van der Waals surface area contributed by atoms with Crippen LogP contribution in [0.15, 0.2) is 42.5 Å². The number of carbonyl (C=O) groups excluding carboxylic acids is 2. The maximum Gasteiger partial charge on any atom is 0.312 e. The molecule has 2 aromatic rings. The minimum Gasteiger partial charge on any atom is -0.368 e. The fourth-order valence-corrected chi connectivity index (χ4v) is 6.32. The van der Waals surface area contributed by atoms with Crippen molar-refractivity contribution in [3.8, 4) is 0 Å². The largest absolute Gasteiger partial charge is 0.368 e. The summed E-state index contributed by atoms with van der Waals surface area (Å²) in [6, 6.07) is 14.8. The van der Waals surface area contributed by atoms with E-state index in [1.807, 2.05) is 6.07 Å². The molecule has 0 saturated carbocycles. The number of hydrogen-bond donors (Lipinski definition) is 0. The van der Waals surface area contributed by atoms with E-state index in [0.29, 0.717) is 38.1 Å². The molecule has 0 bridgehead atoms. The van der Waals surface area contributed by atoms with Gasteiger partial charge in [-0.3, -0.25) is 14.5 Å². The van der Waals surface area contributed by atoms with Crippen molar-refractivity contribution in [3.63, 3.8) is 0 Å². The molecule has 2 aromatic carbocycles. The maximum absolute atomic E-state index is 14.8. The molecule has 37 heavy (non-hydrogen) atoms. The third-order valence-electron chi connectivity index (χ3n) is 8.43. The number of likely N-dealkylation sites (N-methyl/N-ethyl adjacent to an activating group) is 2. The van der Waals surface area contributed by atoms with Crippen LogP contribution in [0.25, 0.3) is 0 Å². The number of nitrogens with zero attached hydrogens (tertiary/aromatic N) is 5. The normalized spacial score (nSPS) is 24.0. The zero-order valence-corrected chi connectivity index (χ0v) is 22.4. The second-order valence-electron chi connectivity index (χ2n) is 11.0. The lowest BCUT2D eigenvalue weighted by atomic mass is 9.93. The minimum absolute atomic E-state index is 0.0675. The second-order valence-corrected chi connectivity index (χ2v) is 11.0. The molecule has 8 heteroatoms. The minimum atomic E-state index is -0.470. The standard InChI is InChI=1S/C29H38FN5O2/c1-31(2)26-19-35(25-13-10-21-6-5-7-24(30)27(21)25)18-23(26)20-8-11-22(12-9-20)33-14-16-34(17-15-33)29(37)28(36)32(3)4/h5-9,11-12,23,25-26H,10,13-19H2,1-4H3/t23-,25?,26+/m0/s1. The van der Waals surface area contributed by atoms with Crippen LogP contribution in [0, 0.1) is 5.82 Å². The number of amides is 2. The molecule has 1 aliphatic carbocycles. The van der Waals surface area contributed by atoms with Gasteiger partial charge in [0.05, 0.1) is 0 Å². The number of benzene rings is 2. The van der Waals surface area contributed by atoms with Gasteiger partial charge in [-0.25, -0.2) is 4.39 Å². The number of hydrogen-bond acceptors (Lipinski definition) is 5. The average Bonchev–Trinajstić information content (AvgIpc) is 3.54. The summed E-state index contributed by atoms with van der Waals surface area (Å²) in [5, 5.41) is 0. The molecule has 2 saturated heterocycles. The van der Waals surface area contributed by atoms with Crippen molar-refractivity contribution < 1.29 is 14.0 Å².